The van der Waals surface area contributed by atoms with E-state index in [1.165, 1.54) is 7.11 Å². The lowest BCUT2D eigenvalue weighted by Crippen LogP contribution is -2.02. The molecule has 0 spiro atoms. The molecule has 0 saturated carbocycles. The Kier molecular flexibility index (Phi) is 2.26. The van der Waals surface area contributed by atoms with E-state index in [2.05, 4.69) is 4.74 Å². The van der Waals surface area contributed by atoms with Gasteiger partial charge in [-0.2, -0.15) is 0 Å². The normalized spacial score (nSPS) is 13.8. The van der Waals surface area contributed by atoms with Crippen molar-refractivity contribution in [2.75, 3.05) is 7.11 Å². The van der Waals surface area contributed by atoms with Crippen LogP contribution < -0.4 is 0 Å². The molecular weight excluding hydrogens is 140 g/mol. The van der Waals surface area contributed by atoms with E-state index in [0.29, 0.717) is 5.57 Å². The van der Waals surface area contributed by atoms with Crippen molar-refractivity contribution < 1.29 is 9.53 Å². The van der Waals surface area contributed by atoms with Crippen molar-refractivity contribution in [1.29, 1.82) is 0 Å². The van der Waals surface area contributed by atoms with E-state index in [0.717, 1.165) is 5.57 Å². The van der Waals surface area contributed by atoms with Gasteiger partial charge in [-0.05, 0) is 12.5 Å². The molecule has 0 radical (unpaired) electrons. The van der Waals surface area contributed by atoms with Crippen LogP contribution in [0, 0.1) is 0 Å². The molecule has 1 rings (SSSR count). The van der Waals surface area contributed by atoms with Gasteiger partial charge >= 0.3 is 5.97 Å². The summed E-state index contributed by atoms with van der Waals surface area (Å²) in [6, 6.07) is 0. The van der Waals surface area contributed by atoms with Crippen molar-refractivity contribution in [3.63, 3.8) is 0 Å². The molecule has 0 aromatic carbocycles. The highest BCUT2D eigenvalue weighted by atomic mass is 16.5. The molecule has 2 nitrogen and oxygen atoms in total. The molecular formula is C9H10O2. The minimum absolute atomic E-state index is 0.267. The number of carbonyl (C=O) groups is 1. The van der Waals surface area contributed by atoms with Gasteiger partial charge < -0.3 is 4.74 Å². The van der Waals surface area contributed by atoms with Crippen molar-refractivity contribution in [2.45, 2.75) is 6.92 Å². The second-order valence-corrected chi connectivity index (χ2v) is 2.29. The average molecular weight is 150 g/mol. The molecule has 0 N–H and O–H groups in total. The smallest absolute Gasteiger partial charge is 0.334 e. The quantitative estimate of drug-likeness (QED) is 0.419. The molecule has 0 aromatic heterocycles. The second-order valence-electron chi connectivity index (χ2n) is 2.29. The van der Waals surface area contributed by atoms with Gasteiger partial charge in [0.25, 0.3) is 0 Å². The third-order valence-electron chi connectivity index (χ3n) is 1.59. The third-order valence-corrected chi connectivity index (χ3v) is 1.59. The molecule has 2 heteroatoms. The lowest BCUT2D eigenvalue weighted by molar-refractivity contribution is -0.136. The van der Waals surface area contributed by atoms with Crippen molar-refractivity contribution >= 4 is 5.97 Å². The van der Waals surface area contributed by atoms with E-state index < -0.39 is 0 Å². The number of ether oxygens (including phenoxy) is 1. The zero-order chi connectivity index (χ0) is 8.27. The molecule has 0 amide bonds. The van der Waals surface area contributed by atoms with Crippen LogP contribution in [0.15, 0.2) is 35.5 Å². The van der Waals surface area contributed by atoms with Gasteiger partial charge in [-0.1, -0.05) is 24.3 Å². The predicted molar refractivity (Wildman–Crippen MR) is 43.0 cm³/mol. The van der Waals surface area contributed by atoms with Gasteiger partial charge in [0.05, 0.1) is 7.11 Å². The molecule has 0 saturated heterocycles. The molecule has 0 fully saturated rings. The van der Waals surface area contributed by atoms with Gasteiger partial charge in [-0.25, -0.2) is 4.79 Å². The first-order valence-electron chi connectivity index (χ1n) is 3.39. The molecule has 0 atom stereocenters. The Labute approximate surface area is 65.9 Å². The van der Waals surface area contributed by atoms with E-state index >= 15 is 0 Å². The van der Waals surface area contributed by atoms with Crippen LogP contribution in [0.25, 0.3) is 0 Å². The van der Waals surface area contributed by atoms with Crippen LogP contribution in [0.4, 0.5) is 0 Å². The Bertz CT molecular complexity index is 243. The summed E-state index contributed by atoms with van der Waals surface area (Å²) in [6.45, 7) is 1.75. The van der Waals surface area contributed by atoms with E-state index in [1.54, 1.807) is 6.92 Å². The fourth-order valence-electron chi connectivity index (χ4n) is 0.895. The van der Waals surface area contributed by atoms with E-state index in [-0.39, 0.29) is 5.97 Å². The fraction of sp³-hybridized carbons (Fsp3) is 0.222. The van der Waals surface area contributed by atoms with Crippen LogP contribution in [0.3, 0.4) is 0 Å². The van der Waals surface area contributed by atoms with Crippen molar-refractivity contribution in [3.8, 4) is 0 Å². The summed E-state index contributed by atoms with van der Waals surface area (Å²) < 4.78 is 4.56. The van der Waals surface area contributed by atoms with Gasteiger partial charge in [-0.3, -0.25) is 0 Å². The van der Waals surface area contributed by atoms with Gasteiger partial charge in [0.1, 0.15) is 0 Å². The Morgan fingerprint density at radius 1 is 1.36 bits per heavy atom. The molecule has 11 heavy (non-hydrogen) atoms. The lowest BCUT2D eigenvalue weighted by Gasteiger charge is -1.99. The highest BCUT2D eigenvalue weighted by molar-refractivity contribution is 5.90. The molecule has 0 aliphatic heterocycles. The number of allylic oxidation sites excluding steroid dienone is 5. The average Bonchev–Trinajstić information content (AvgIpc) is 2.53. The molecule has 0 unspecified atom stereocenters. The molecule has 1 aliphatic rings. The summed E-state index contributed by atoms with van der Waals surface area (Å²) >= 11 is 0. The zero-order valence-corrected chi connectivity index (χ0v) is 6.63. The Balaban J connectivity index is 2.87. The summed E-state index contributed by atoms with van der Waals surface area (Å²) in [6.07, 6.45) is 7.54. The molecule has 0 aromatic rings. The number of esters is 1. The summed E-state index contributed by atoms with van der Waals surface area (Å²) in [4.78, 5) is 11.0. The van der Waals surface area contributed by atoms with Crippen LogP contribution in [-0.2, 0) is 9.53 Å². The number of hydrogen-bond donors (Lipinski definition) is 0. The van der Waals surface area contributed by atoms with Crippen molar-refractivity contribution in [2.24, 2.45) is 0 Å². The van der Waals surface area contributed by atoms with E-state index in [9.17, 15) is 4.79 Å². The number of methoxy groups -OCH3 is 1. The van der Waals surface area contributed by atoms with Crippen LogP contribution >= 0.6 is 0 Å². The maximum atomic E-state index is 11.0. The first-order valence-corrected chi connectivity index (χ1v) is 3.39. The summed E-state index contributed by atoms with van der Waals surface area (Å²) in [5.41, 5.74) is 1.58. The minimum Gasteiger partial charge on any atom is -0.466 e. The maximum absolute atomic E-state index is 11.0. The van der Waals surface area contributed by atoms with Crippen LogP contribution in [0.5, 0.6) is 0 Å². The van der Waals surface area contributed by atoms with Crippen molar-refractivity contribution in [3.05, 3.63) is 35.5 Å². The molecule has 58 valence electrons. The molecule has 0 bridgehead atoms. The number of carbonyl (C=O) groups excluding carboxylic acids is 1. The molecule has 0 heterocycles. The summed E-state index contributed by atoms with van der Waals surface area (Å²) in [5, 5.41) is 0. The van der Waals surface area contributed by atoms with Crippen molar-refractivity contribution in [1.82, 2.24) is 0 Å². The lowest BCUT2D eigenvalue weighted by atomic mass is 10.1. The highest BCUT2D eigenvalue weighted by Gasteiger charge is 2.07. The Morgan fingerprint density at radius 2 is 1.91 bits per heavy atom. The van der Waals surface area contributed by atoms with Crippen LogP contribution in [0.1, 0.15) is 6.92 Å². The first kappa shape index (κ1) is 7.79. The SMILES string of the molecule is COC(=O)C(C)=C1C=CC=C1. The second kappa shape index (κ2) is 3.19. The maximum Gasteiger partial charge on any atom is 0.334 e. The van der Waals surface area contributed by atoms with E-state index in [1.807, 2.05) is 24.3 Å². The fourth-order valence-corrected chi connectivity index (χ4v) is 0.895. The summed E-state index contributed by atoms with van der Waals surface area (Å²) in [5.74, 6) is -0.267. The van der Waals surface area contributed by atoms with Crippen LogP contribution in [-0.4, -0.2) is 13.1 Å². The predicted octanol–water partition coefficient (Wildman–Crippen LogP) is 1.60. The minimum atomic E-state index is -0.267. The zero-order valence-electron chi connectivity index (χ0n) is 6.63. The number of hydrogen-bond acceptors (Lipinski definition) is 2. The Morgan fingerprint density at radius 3 is 2.36 bits per heavy atom. The largest absolute Gasteiger partial charge is 0.466 e. The van der Waals surface area contributed by atoms with Gasteiger partial charge in [0.2, 0.25) is 0 Å². The Hall–Kier alpha value is -1.31. The monoisotopic (exact) mass is 150 g/mol. The van der Waals surface area contributed by atoms with Crippen LogP contribution in [0.2, 0.25) is 0 Å². The van der Waals surface area contributed by atoms with E-state index in [4.69, 9.17) is 0 Å². The first-order chi connectivity index (χ1) is 5.25. The van der Waals surface area contributed by atoms with Gasteiger partial charge in [0.15, 0.2) is 0 Å². The molecule has 1 aliphatic carbocycles. The highest BCUT2D eigenvalue weighted by Crippen LogP contribution is 2.13. The standard InChI is InChI=1S/C9H10O2/c1-7(9(10)11-2)8-5-3-4-6-8/h3-6H,1-2H3. The van der Waals surface area contributed by atoms with Gasteiger partial charge in [0, 0.05) is 5.57 Å². The summed E-state index contributed by atoms with van der Waals surface area (Å²) in [7, 11) is 1.38. The third kappa shape index (κ3) is 1.58. The van der Waals surface area contributed by atoms with Gasteiger partial charge in [-0.15, -0.1) is 0 Å². The topological polar surface area (TPSA) is 26.3 Å². The number of rotatable bonds is 1.